The summed E-state index contributed by atoms with van der Waals surface area (Å²) < 4.78 is 1.68. The Kier molecular flexibility index (Phi) is 5.74. The topological polar surface area (TPSA) is 54.3 Å². The maximum absolute atomic E-state index is 12.9. The van der Waals surface area contributed by atoms with Crippen LogP contribution >= 0.6 is 11.6 Å². The van der Waals surface area contributed by atoms with Gasteiger partial charge in [-0.05, 0) is 30.9 Å². The molecule has 6 nitrogen and oxygen atoms in total. The van der Waals surface area contributed by atoms with E-state index in [-0.39, 0.29) is 5.91 Å². The van der Waals surface area contributed by atoms with Crippen molar-refractivity contribution in [1.29, 1.82) is 0 Å². The molecule has 2 aromatic rings. The van der Waals surface area contributed by atoms with Crippen molar-refractivity contribution in [3.63, 3.8) is 0 Å². The zero-order valence-corrected chi connectivity index (χ0v) is 16.3. The SMILES string of the molecule is O=C(c1cn(Cc2ccccc2Cl)nn1)N1CCCN(C2CCCC2)CC1. The minimum absolute atomic E-state index is 0.0197. The maximum atomic E-state index is 12.9. The summed E-state index contributed by atoms with van der Waals surface area (Å²) in [5.41, 5.74) is 1.38. The first-order valence-corrected chi connectivity index (χ1v) is 10.3. The molecule has 1 amide bonds. The Morgan fingerprint density at radius 2 is 1.89 bits per heavy atom. The molecule has 2 aliphatic rings. The Morgan fingerprint density at radius 1 is 1.07 bits per heavy atom. The lowest BCUT2D eigenvalue weighted by molar-refractivity contribution is 0.0752. The average molecular weight is 388 g/mol. The highest BCUT2D eigenvalue weighted by atomic mass is 35.5. The number of aromatic nitrogens is 3. The first kappa shape index (κ1) is 18.4. The van der Waals surface area contributed by atoms with E-state index in [1.54, 1.807) is 10.9 Å². The lowest BCUT2D eigenvalue weighted by Crippen LogP contribution is -2.38. The van der Waals surface area contributed by atoms with Gasteiger partial charge >= 0.3 is 0 Å². The van der Waals surface area contributed by atoms with E-state index in [4.69, 9.17) is 11.6 Å². The number of amides is 1. The van der Waals surface area contributed by atoms with E-state index in [9.17, 15) is 4.79 Å². The molecule has 1 aliphatic heterocycles. The van der Waals surface area contributed by atoms with Gasteiger partial charge in [0.25, 0.3) is 5.91 Å². The first-order chi connectivity index (χ1) is 13.2. The molecule has 1 saturated heterocycles. The molecule has 1 aliphatic carbocycles. The first-order valence-electron chi connectivity index (χ1n) is 9.87. The van der Waals surface area contributed by atoms with Crippen molar-refractivity contribution in [2.45, 2.75) is 44.7 Å². The van der Waals surface area contributed by atoms with Crippen LogP contribution in [-0.2, 0) is 6.54 Å². The summed E-state index contributed by atoms with van der Waals surface area (Å²) in [6.45, 7) is 4.12. The van der Waals surface area contributed by atoms with Crippen LogP contribution in [0, 0.1) is 0 Å². The van der Waals surface area contributed by atoms with E-state index in [0.29, 0.717) is 17.3 Å². The van der Waals surface area contributed by atoms with E-state index in [1.807, 2.05) is 29.2 Å². The Morgan fingerprint density at radius 3 is 2.70 bits per heavy atom. The van der Waals surface area contributed by atoms with Crippen molar-refractivity contribution in [1.82, 2.24) is 24.8 Å². The molecule has 0 N–H and O–H groups in total. The second kappa shape index (κ2) is 8.40. The summed E-state index contributed by atoms with van der Waals surface area (Å²) in [6.07, 6.45) is 8.06. The highest BCUT2D eigenvalue weighted by Gasteiger charge is 2.27. The van der Waals surface area contributed by atoms with Crippen LogP contribution in [0.15, 0.2) is 30.5 Å². The summed E-state index contributed by atoms with van der Waals surface area (Å²) in [5, 5.41) is 8.92. The number of hydrogen-bond acceptors (Lipinski definition) is 4. The van der Waals surface area contributed by atoms with E-state index in [0.717, 1.165) is 44.2 Å². The van der Waals surface area contributed by atoms with Gasteiger partial charge in [0.05, 0.1) is 12.7 Å². The molecule has 0 unspecified atom stereocenters. The number of hydrogen-bond donors (Lipinski definition) is 0. The quantitative estimate of drug-likeness (QED) is 0.809. The predicted octanol–water partition coefficient (Wildman–Crippen LogP) is 3.07. The van der Waals surface area contributed by atoms with Crippen LogP contribution in [0.1, 0.15) is 48.2 Å². The van der Waals surface area contributed by atoms with Crippen molar-refractivity contribution < 1.29 is 4.79 Å². The van der Waals surface area contributed by atoms with Gasteiger partial charge in [0.15, 0.2) is 5.69 Å². The average Bonchev–Trinajstić information content (AvgIpc) is 3.31. The Hall–Kier alpha value is -1.92. The molecule has 144 valence electrons. The van der Waals surface area contributed by atoms with Crippen LogP contribution in [0.3, 0.4) is 0 Å². The van der Waals surface area contributed by atoms with Crippen molar-refractivity contribution in [2.24, 2.45) is 0 Å². The smallest absolute Gasteiger partial charge is 0.276 e. The molecular formula is C20H26ClN5O. The highest BCUT2D eigenvalue weighted by Crippen LogP contribution is 2.24. The lowest BCUT2D eigenvalue weighted by Gasteiger charge is -2.27. The van der Waals surface area contributed by atoms with Gasteiger partial charge in [-0.15, -0.1) is 5.10 Å². The molecule has 0 atom stereocenters. The number of nitrogens with zero attached hydrogens (tertiary/aromatic N) is 5. The Bertz CT molecular complexity index is 786. The predicted molar refractivity (Wildman–Crippen MR) is 105 cm³/mol. The zero-order chi connectivity index (χ0) is 18.6. The van der Waals surface area contributed by atoms with E-state index in [2.05, 4.69) is 15.2 Å². The standard InChI is InChI=1S/C20H26ClN5O/c21-18-9-4-1-6-16(18)14-26-15-19(22-23-26)20(27)25-11-5-10-24(12-13-25)17-7-2-3-8-17/h1,4,6,9,15,17H,2-3,5,7-8,10-14H2. The van der Waals surface area contributed by atoms with Crippen LogP contribution in [0.25, 0.3) is 0 Å². The number of carbonyl (C=O) groups is 1. The molecule has 1 saturated carbocycles. The molecule has 27 heavy (non-hydrogen) atoms. The molecule has 0 bridgehead atoms. The second-order valence-corrected chi connectivity index (χ2v) is 7.92. The molecule has 2 heterocycles. The number of rotatable bonds is 4. The number of halogens is 1. The molecule has 7 heteroatoms. The summed E-state index contributed by atoms with van der Waals surface area (Å²) >= 11 is 6.21. The number of benzene rings is 1. The van der Waals surface area contributed by atoms with Crippen molar-refractivity contribution in [2.75, 3.05) is 26.2 Å². The third-order valence-corrected chi connectivity index (χ3v) is 6.08. The summed E-state index contributed by atoms with van der Waals surface area (Å²) in [7, 11) is 0. The minimum atomic E-state index is -0.0197. The highest BCUT2D eigenvalue weighted by molar-refractivity contribution is 6.31. The van der Waals surface area contributed by atoms with Crippen molar-refractivity contribution >= 4 is 17.5 Å². The lowest BCUT2D eigenvalue weighted by atomic mass is 10.2. The van der Waals surface area contributed by atoms with Crippen LogP contribution in [0.5, 0.6) is 0 Å². The van der Waals surface area contributed by atoms with Crippen LogP contribution < -0.4 is 0 Å². The van der Waals surface area contributed by atoms with Gasteiger partial charge in [-0.1, -0.05) is 47.9 Å². The fraction of sp³-hybridized carbons (Fsp3) is 0.550. The molecule has 1 aromatic heterocycles. The third-order valence-electron chi connectivity index (χ3n) is 5.71. The fourth-order valence-electron chi connectivity index (χ4n) is 4.21. The molecular weight excluding hydrogens is 362 g/mol. The molecule has 2 fully saturated rings. The summed E-state index contributed by atoms with van der Waals surface area (Å²) in [4.78, 5) is 17.4. The van der Waals surface area contributed by atoms with Gasteiger partial charge in [0, 0.05) is 37.2 Å². The van der Waals surface area contributed by atoms with Crippen molar-refractivity contribution in [3.05, 3.63) is 46.7 Å². The van der Waals surface area contributed by atoms with E-state index >= 15 is 0 Å². The van der Waals surface area contributed by atoms with Gasteiger partial charge in [0.2, 0.25) is 0 Å². The normalized spacial score (nSPS) is 19.4. The maximum Gasteiger partial charge on any atom is 0.276 e. The number of carbonyl (C=O) groups excluding carboxylic acids is 1. The zero-order valence-electron chi connectivity index (χ0n) is 15.6. The van der Waals surface area contributed by atoms with E-state index < -0.39 is 0 Å². The molecule has 0 radical (unpaired) electrons. The Labute approximate surface area is 165 Å². The molecule has 4 rings (SSSR count). The van der Waals surface area contributed by atoms with E-state index in [1.165, 1.54) is 25.7 Å². The van der Waals surface area contributed by atoms with Gasteiger partial charge in [-0.25, -0.2) is 4.68 Å². The largest absolute Gasteiger partial charge is 0.336 e. The molecule has 1 aromatic carbocycles. The van der Waals surface area contributed by atoms with Gasteiger partial charge in [-0.2, -0.15) is 0 Å². The second-order valence-electron chi connectivity index (χ2n) is 7.51. The van der Waals surface area contributed by atoms with Crippen molar-refractivity contribution in [3.8, 4) is 0 Å². The fourth-order valence-corrected chi connectivity index (χ4v) is 4.41. The Balaban J connectivity index is 1.38. The minimum Gasteiger partial charge on any atom is -0.336 e. The van der Waals surface area contributed by atoms with Gasteiger partial charge < -0.3 is 4.90 Å². The monoisotopic (exact) mass is 387 g/mol. The van der Waals surface area contributed by atoms with Gasteiger partial charge in [0.1, 0.15) is 0 Å². The third kappa shape index (κ3) is 4.33. The van der Waals surface area contributed by atoms with Gasteiger partial charge in [-0.3, -0.25) is 9.69 Å². The summed E-state index contributed by atoms with van der Waals surface area (Å²) in [5.74, 6) is -0.0197. The summed E-state index contributed by atoms with van der Waals surface area (Å²) in [6, 6.07) is 8.37. The van der Waals surface area contributed by atoms with Crippen LogP contribution in [0.2, 0.25) is 5.02 Å². The van der Waals surface area contributed by atoms with Crippen LogP contribution in [0.4, 0.5) is 0 Å². The molecule has 0 spiro atoms. The van der Waals surface area contributed by atoms with Crippen LogP contribution in [-0.4, -0.2) is 62.9 Å².